The summed E-state index contributed by atoms with van der Waals surface area (Å²) in [6, 6.07) is 7.73. The van der Waals surface area contributed by atoms with Crippen molar-refractivity contribution in [1.82, 2.24) is 0 Å². The van der Waals surface area contributed by atoms with Crippen molar-refractivity contribution < 1.29 is 27.3 Å². The number of para-hydroxylation sites is 1. The number of nitrogens with one attached hydrogen (secondary N) is 1. The Morgan fingerprint density at radius 2 is 1.78 bits per heavy atom. The number of hydrogen-bond donors (Lipinski definition) is 2. The average molecular weight is 334 g/mol. The number of benzene rings is 1. The molecule has 0 aliphatic heterocycles. The second kappa shape index (κ2) is 11.2. The Labute approximate surface area is 128 Å². The maximum Gasteiger partial charge on any atom is 2.00 e. The first-order valence-electron chi connectivity index (χ1n) is 4.99. The first kappa shape index (κ1) is 19.5. The Balaban J connectivity index is 0. The number of thiocarbonyl (C=S) groups is 2. The van der Waals surface area contributed by atoms with Crippen LogP contribution in [-0.2, 0) is 23.5 Å². The molecular formula is C11H14CuN2O2S2. The average Bonchev–Trinajstić information content (AvgIpc) is 2.19. The van der Waals surface area contributed by atoms with E-state index in [0.29, 0.717) is 0 Å². The summed E-state index contributed by atoms with van der Waals surface area (Å²) < 4.78 is 0. The van der Waals surface area contributed by atoms with Crippen molar-refractivity contribution in [2.75, 3.05) is 5.32 Å². The largest absolute Gasteiger partial charge is 2.00 e. The molecular weight excluding hydrogens is 320 g/mol. The van der Waals surface area contributed by atoms with Crippen molar-refractivity contribution in [3.05, 3.63) is 29.8 Å². The molecule has 0 aliphatic carbocycles. The third kappa shape index (κ3) is 10.3. The van der Waals surface area contributed by atoms with E-state index in [1.54, 1.807) is 0 Å². The molecule has 0 unspecified atom stereocenters. The van der Waals surface area contributed by atoms with Gasteiger partial charge in [0, 0.05) is 16.0 Å². The molecule has 1 aromatic rings. The van der Waals surface area contributed by atoms with E-state index in [1.165, 1.54) is 0 Å². The van der Waals surface area contributed by atoms with Crippen LogP contribution in [-0.4, -0.2) is 10.3 Å². The van der Waals surface area contributed by atoms with Gasteiger partial charge in [-0.2, -0.15) is 0 Å². The van der Waals surface area contributed by atoms with Crippen LogP contribution in [0.25, 0.3) is 0 Å². The Hall–Kier alpha value is -0.881. The summed E-state index contributed by atoms with van der Waals surface area (Å²) in [6.45, 7) is 2.10. The SMILES string of the molecule is CCCc1ccccc1NC([O-])=S.NC([O-])=S.[Cu+2]. The van der Waals surface area contributed by atoms with E-state index in [0.717, 1.165) is 24.1 Å². The molecule has 0 heterocycles. The Bertz CT molecular complexity index is 385. The fourth-order valence-electron chi connectivity index (χ4n) is 1.24. The first-order valence-corrected chi connectivity index (χ1v) is 5.81. The van der Waals surface area contributed by atoms with Crippen LogP contribution in [0.15, 0.2) is 24.3 Å². The maximum atomic E-state index is 10.7. The van der Waals surface area contributed by atoms with Gasteiger partial charge in [0.1, 0.15) is 0 Å². The van der Waals surface area contributed by atoms with Gasteiger partial charge in [-0.1, -0.05) is 56.0 Å². The first-order chi connectivity index (χ1) is 7.97. The number of aryl methyl sites for hydroxylation is 1. The molecule has 103 valence electrons. The van der Waals surface area contributed by atoms with E-state index in [-0.39, 0.29) is 17.1 Å². The smallest absolute Gasteiger partial charge is 0.852 e. The minimum Gasteiger partial charge on any atom is -0.852 e. The normalized spacial score (nSPS) is 8.28. The van der Waals surface area contributed by atoms with Crippen LogP contribution >= 0.6 is 24.4 Å². The van der Waals surface area contributed by atoms with Crippen molar-refractivity contribution >= 4 is 40.5 Å². The zero-order chi connectivity index (χ0) is 13.3. The van der Waals surface area contributed by atoms with Gasteiger partial charge in [-0.25, -0.2) is 0 Å². The van der Waals surface area contributed by atoms with Crippen molar-refractivity contribution in [2.24, 2.45) is 5.73 Å². The Morgan fingerprint density at radius 3 is 2.22 bits per heavy atom. The third-order valence-electron chi connectivity index (χ3n) is 1.77. The van der Waals surface area contributed by atoms with Gasteiger partial charge in [0.15, 0.2) is 0 Å². The van der Waals surface area contributed by atoms with Gasteiger partial charge < -0.3 is 21.3 Å². The molecule has 1 radical (unpaired) electrons. The van der Waals surface area contributed by atoms with Crippen molar-refractivity contribution in [1.29, 1.82) is 0 Å². The van der Waals surface area contributed by atoms with E-state index < -0.39 is 10.3 Å². The molecule has 0 spiro atoms. The van der Waals surface area contributed by atoms with Crippen LogP contribution in [0.5, 0.6) is 0 Å². The number of hydrogen-bond acceptors (Lipinski definition) is 4. The predicted octanol–water partition coefficient (Wildman–Crippen LogP) is 0.284. The minimum absolute atomic E-state index is 0. The van der Waals surface area contributed by atoms with Gasteiger partial charge in [-0.3, -0.25) is 0 Å². The molecule has 0 aromatic heterocycles. The predicted molar refractivity (Wildman–Crippen MR) is 73.4 cm³/mol. The molecule has 0 amide bonds. The number of nitrogens with two attached hydrogens (primary N) is 1. The summed E-state index contributed by atoms with van der Waals surface area (Å²) in [4.78, 5) is 0. The number of anilines is 1. The summed E-state index contributed by atoms with van der Waals surface area (Å²) >= 11 is 8.21. The molecule has 1 aromatic carbocycles. The molecule has 1 rings (SSSR count). The number of rotatable bonds is 3. The van der Waals surface area contributed by atoms with Crippen LogP contribution in [0, 0.1) is 0 Å². The van der Waals surface area contributed by atoms with Gasteiger partial charge in [-0.05, 0) is 18.1 Å². The summed E-state index contributed by atoms with van der Waals surface area (Å²) in [5.41, 5.74) is 6.27. The summed E-state index contributed by atoms with van der Waals surface area (Å²) in [5.74, 6) is 0. The molecule has 18 heavy (non-hydrogen) atoms. The Kier molecular flexibility index (Phi) is 12.1. The van der Waals surface area contributed by atoms with E-state index in [2.05, 4.69) is 42.4 Å². The fourth-order valence-corrected chi connectivity index (χ4v) is 1.35. The third-order valence-corrected chi connectivity index (χ3v) is 1.88. The molecule has 0 aliphatic rings. The molecule has 7 heteroatoms. The quantitative estimate of drug-likeness (QED) is 0.611. The van der Waals surface area contributed by atoms with E-state index in [9.17, 15) is 5.11 Å². The van der Waals surface area contributed by atoms with Gasteiger partial charge in [-0.15, -0.1) is 0 Å². The van der Waals surface area contributed by atoms with Gasteiger partial charge in [0.05, 0.1) is 0 Å². The van der Waals surface area contributed by atoms with Crippen LogP contribution < -0.4 is 21.3 Å². The second-order valence-electron chi connectivity index (χ2n) is 3.14. The standard InChI is InChI=1S/C10H13NOS.CH3NOS.Cu/c1-2-5-8-6-3-4-7-9(8)11-10(12)13;2-1(3)4;/h3-4,6-7H,2,5H2,1H3,(H2,11,12,13);(H3,2,3,4);/q;;+2/p-2. The molecule has 3 N–H and O–H groups in total. The summed E-state index contributed by atoms with van der Waals surface area (Å²) in [6.07, 6.45) is 2.02. The van der Waals surface area contributed by atoms with E-state index in [4.69, 9.17) is 5.11 Å². The molecule has 0 atom stereocenters. The minimum atomic E-state index is -0.750. The fraction of sp³-hybridized carbons (Fsp3) is 0.273. The van der Waals surface area contributed by atoms with E-state index in [1.807, 2.05) is 24.3 Å². The molecule has 4 nitrogen and oxygen atoms in total. The van der Waals surface area contributed by atoms with Crippen molar-refractivity contribution in [3.8, 4) is 0 Å². The molecule has 0 saturated carbocycles. The van der Waals surface area contributed by atoms with E-state index >= 15 is 0 Å². The van der Waals surface area contributed by atoms with Gasteiger partial charge in [0.2, 0.25) is 0 Å². The second-order valence-corrected chi connectivity index (χ2v) is 3.91. The summed E-state index contributed by atoms with van der Waals surface area (Å²) in [7, 11) is 0. The van der Waals surface area contributed by atoms with Crippen LogP contribution in [0.1, 0.15) is 18.9 Å². The van der Waals surface area contributed by atoms with Crippen molar-refractivity contribution in [2.45, 2.75) is 19.8 Å². The zero-order valence-electron chi connectivity index (χ0n) is 9.74. The van der Waals surface area contributed by atoms with Crippen LogP contribution in [0.3, 0.4) is 0 Å². The molecule has 0 saturated heterocycles. The topological polar surface area (TPSA) is 84.2 Å². The van der Waals surface area contributed by atoms with Gasteiger partial charge in [0.25, 0.3) is 0 Å². The van der Waals surface area contributed by atoms with Gasteiger partial charge >= 0.3 is 17.1 Å². The monoisotopic (exact) mass is 333 g/mol. The maximum absolute atomic E-state index is 10.7. The van der Waals surface area contributed by atoms with Crippen LogP contribution in [0.4, 0.5) is 5.69 Å². The van der Waals surface area contributed by atoms with Crippen molar-refractivity contribution in [3.63, 3.8) is 0 Å². The van der Waals surface area contributed by atoms with Crippen LogP contribution in [0.2, 0.25) is 0 Å². The zero-order valence-corrected chi connectivity index (χ0v) is 12.3. The molecule has 0 fully saturated rings. The molecule has 0 bridgehead atoms. The Morgan fingerprint density at radius 1 is 1.28 bits per heavy atom. The summed E-state index contributed by atoms with van der Waals surface area (Å²) in [5, 5.41) is 21.2.